The van der Waals surface area contributed by atoms with Gasteiger partial charge < -0.3 is 10.1 Å². The van der Waals surface area contributed by atoms with E-state index in [0.29, 0.717) is 6.61 Å². The average molecular weight is 384 g/mol. The standard InChI is InChI=1S/C25H37NO2/c1-3-5-6-7-8-9-10-11-12-13-14-15-22-26-24-19-16-23(17-20-24)18-21-25(27)28-4-2/h12-13,16-17,19-20,26H,3-11,14-15,22H2,1-2H3. The van der Waals surface area contributed by atoms with E-state index in [2.05, 4.69) is 36.2 Å². The molecular weight excluding hydrogens is 346 g/mol. The van der Waals surface area contributed by atoms with Gasteiger partial charge in [0, 0.05) is 23.7 Å². The van der Waals surface area contributed by atoms with E-state index in [1.165, 1.54) is 51.4 Å². The molecule has 0 bridgehead atoms. The summed E-state index contributed by atoms with van der Waals surface area (Å²) in [5.41, 5.74) is 1.89. The number of rotatable bonds is 14. The number of hydrogen-bond donors (Lipinski definition) is 1. The molecule has 0 aromatic heterocycles. The van der Waals surface area contributed by atoms with Crippen LogP contribution in [0.3, 0.4) is 0 Å². The second-order valence-corrected chi connectivity index (χ2v) is 7.00. The number of nitrogens with one attached hydrogen (secondary N) is 1. The van der Waals surface area contributed by atoms with E-state index in [1.807, 2.05) is 24.3 Å². The Hall–Kier alpha value is -2.21. The zero-order valence-corrected chi connectivity index (χ0v) is 17.8. The monoisotopic (exact) mass is 383 g/mol. The molecule has 28 heavy (non-hydrogen) atoms. The van der Waals surface area contributed by atoms with Gasteiger partial charge in [0.25, 0.3) is 0 Å². The number of unbranched alkanes of at least 4 members (excludes halogenated alkanes) is 8. The van der Waals surface area contributed by atoms with Crippen molar-refractivity contribution in [2.24, 2.45) is 0 Å². The van der Waals surface area contributed by atoms with Gasteiger partial charge in [-0.05, 0) is 56.9 Å². The van der Waals surface area contributed by atoms with Gasteiger partial charge in [-0.25, -0.2) is 4.79 Å². The van der Waals surface area contributed by atoms with Crippen LogP contribution in [0.5, 0.6) is 0 Å². The molecule has 1 aromatic carbocycles. The number of carbonyl (C=O) groups is 1. The molecule has 0 spiro atoms. The van der Waals surface area contributed by atoms with Crippen LogP contribution in [0.2, 0.25) is 0 Å². The molecule has 0 amide bonds. The van der Waals surface area contributed by atoms with Gasteiger partial charge in [-0.15, -0.1) is 0 Å². The van der Waals surface area contributed by atoms with Crippen LogP contribution in [0.1, 0.15) is 83.6 Å². The molecule has 0 atom stereocenters. The van der Waals surface area contributed by atoms with Gasteiger partial charge >= 0.3 is 5.97 Å². The molecule has 3 heteroatoms. The highest BCUT2D eigenvalue weighted by Gasteiger charge is 1.95. The third-order valence-electron chi connectivity index (χ3n) is 4.49. The Balaban J connectivity index is 2.06. The van der Waals surface area contributed by atoms with E-state index in [1.54, 1.807) is 6.92 Å². The molecule has 3 nitrogen and oxygen atoms in total. The van der Waals surface area contributed by atoms with Gasteiger partial charge in [-0.2, -0.15) is 0 Å². The molecule has 154 valence electrons. The summed E-state index contributed by atoms with van der Waals surface area (Å²) in [4.78, 5) is 11.2. The highest BCUT2D eigenvalue weighted by Crippen LogP contribution is 2.10. The van der Waals surface area contributed by atoms with Gasteiger partial charge in [0.05, 0.1) is 6.61 Å². The number of carbonyl (C=O) groups excluding carboxylic acids is 1. The lowest BCUT2D eigenvalue weighted by molar-refractivity contribution is -0.136. The Morgan fingerprint density at radius 1 is 0.929 bits per heavy atom. The Kier molecular flexibility index (Phi) is 14.4. The molecule has 0 radical (unpaired) electrons. The fourth-order valence-electron chi connectivity index (χ4n) is 2.87. The number of allylic oxidation sites excluding steroid dienone is 2. The van der Waals surface area contributed by atoms with Crippen molar-refractivity contribution < 1.29 is 9.53 Å². The molecule has 0 aliphatic heterocycles. The Morgan fingerprint density at radius 2 is 1.57 bits per heavy atom. The lowest BCUT2D eigenvalue weighted by Gasteiger charge is -2.05. The molecule has 0 aliphatic rings. The summed E-state index contributed by atoms with van der Waals surface area (Å²) in [6, 6.07) is 7.81. The first kappa shape index (κ1) is 23.8. The molecule has 0 unspecified atom stereocenters. The third kappa shape index (κ3) is 13.0. The van der Waals surface area contributed by atoms with Crippen LogP contribution in [-0.2, 0) is 9.53 Å². The highest BCUT2D eigenvalue weighted by atomic mass is 16.5. The van der Waals surface area contributed by atoms with Crippen LogP contribution < -0.4 is 5.32 Å². The predicted octanol–water partition coefficient (Wildman–Crippen LogP) is 6.49. The smallest absolute Gasteiger partial charge is 0.384 e. The fraction of sp³-hybridized carbons (Fsp3) is 0.560. The van der Waals surface area contributed by atoms with Crippen LogP contribution in [0.4, 0.5) is 5.69 Å². The maximum Gasteiger partial charge on any atom is 0.384 e. The molecule has 0 saturated carbocycles. The van der Waals surface area contributed by atoms with E-state index in [-0.39, 0.29) is 0 Å². The number of hydrogen-bond acceptors (Lipinski definition) is 3. The summed E-state index contributed by atoms with van der Waals surface area (Å²) in [5.74, 6) is 4.81. The molecule has 1 aromatic rings. The van der Waals surface area contributed by atoms with E-state index >= 15 is 0 Å². The van der Waals surface area contributed by atoms with Crippen molar-refractivity contribution in [3.05, 3.63) is 42.0 Å². The minimum Gasteiger partial charge on any atom is -0.456 e. The van der Waals surface area contributed by atoms with Crippen molar-refractivity contribution >= 4 is 11.7 Å². The van der Waals surface area contributed by atoms with Gasteiger partial charge in [0.15, 0.2) is 0 Å². The topological polar surface area (TPSA) is 38.3 Å². The molecule has 1 N–H and O–H groups in total. The minimum atomic E-state index is -0.482. The van der Waals surface area contributed by atoms with E-state index in [4.69, 9.17) is 4.74 Å². The van der Waals surface area contributed by atoms with Gasteiger partial charge in [0.1, 0.15) is 0 Å². The van der Waals surface area contributed by atoms with Gasteiger partial charge in [0.2, 0.25) is 0 Å². The Labute approximate surface area is 171 Å². The molecule has 0 aliphatic carbocycles. The summed E-state index contributed by atoms with van der Waals surface area (Å²) in [6.45, 7) is 5.34. The summed E-state index contributed by atoms with van der Waals surface area (Å²) in [5, 5.41) is 3.42. The number of esters is 1. The van der Waals surface area contributed by atoms with E-state index in [9.17, 15) is 4.79 Å². The van der Waals surface area contributed by atoms with Crippen LogP contribution >= 0.6 is 0 Å². The van der Waals surface area contributed by atoms with Crippen molar-refractivity contribution in [2.45, 2.75) is 78.1 Å². The SMILES string of the molecule is CCCCCCCCCC=CCCCNc1ccc(C#CC(=O)OCC)cc1. The van der Waals surface area contributed by atoms with Crippen molar-refractivity contribution in [3.8, 4) is 11.8 Å². The molecule has 0 saturated heterocycles. The van der Waals surface area contributed by atoms with Crippen molar-refractivity contribution in [2.75, 3.05) is 18.5 Å². The summed E-state index contributed by atoms with van der Waals surface area (Å²) in [7, 11) is 0. The minimum absolute atomic E-state index is 0.352. The van der Waals surface area contributed by atoms with Crippen molar-refractivity contribution in [1.29, 1.82) is 0 Å². The summed E-state index contributed by atoms with van der Waals surface area (Å²) < 4.78 is 4.79. The van der Waals surface area contributed by atoms with Gasteiger partial charge in [-0.1, -0.05) is 63.5 Å². The molecular formula is C25H37NO2. The molecule has 1 rings (SSSR count). The largest absolute Gasteiger partial charge is 0.456 e. The highest BCUT2D eigenvalue weighted by molar-refractivity contribution is 5.89. The molecule has 0 fully saturated rings. The van der Waals surface area contributed by atoms with Crippen LogP contribution in [0.15, 0.2) is 36.4 Å². The number of benzene rings is 1. The lowest BCUT2D eigenvalue weighted by Crippen LogP contribution is -2.01. The summed E-state index contributed by atoms with van der Waals surface area (Å²) in [6.07, 6.45) is 17.7. The maximum absolute atomic E-state index is 11.2. The summed E-state index contributed by atoms with van der Waals surface area (Å²) >= 11 is 0. The third-order valence-corrected chi connectivity index (χ3v) is 4.49. The Morgan fingerprint density at radius 3 is 2.25 bits per heavy atom. The zero-order valence-electron chi connectivity index (χ0n) is 17.8. The number of anilines is 1. The first-order chi connectivity index (χ1) is 13.8. The second kappa shape index (κ2) is 16.9. The van der Waals surface area contributed by atoms with Crippen molar-refractivity contribution in [1.82, 2.24) is 0 Å². The first-order valence-corrected chi connectivity index (χ1v) is 10.9. The van der Waals surface area contributed by atoms with E-state index < -0.39 is 5.97 Å². The quantitative estimate of drug-likeness (QED) is 0.173. The van der Waals surface area contributed by atoms with Crippen LogP contribution in [0, 0.1) is 11.8 Å². The normalized spacial score (nSPS) is 10.5. The van der Waals surface area contributed by atoms with Gasteiger partial charge in [-0.3, -0.25) is 0 Å². The predicted molar refractivity (Wildman–Crippen MR) is 119 cm³/mol. The maximum atomic E-state index is 11.2. The fourth-order valence-corrected chi connectivity index (χ4v) is 2.87. The van der Waals surface area contributed by atoms with Crippen LogP contribution in [-0.4, -0.2) is 19.1 Å². The lowest BCUT2D eigenvalue weighted by atomic mass is 10.1. The van der Waals surface area contributed by atoms with Crippen LogP contribution in [0.25, 0.3) is 0 Å². The van der Waals surface area contributed by atoms with Crippen molar-refractivity contribution in [3.63, 3.8) is 0 Å². The zero-order chi connectivity index (χ0) is 20.3. The Bertz CT molecular complexity index is 608. The van der Waals surface area contributed by atoms with E-state index in [0.717, 1.165) is 30.6 Å². The molecule has 0 heterocycles. The number of ether oxygens (including phenoxy) is 1. The first-order valence-electron chi connectivity index (χ1n) is 10.9. The average Bonchev–Trinajstić information content (AvgIpc) is 2.71. The second-order valence-electron chi connectivity index (χ2n) is 7.00.